The molecular weight excluding hydrogens is 368 g/mol. The Hall–Kier alpha value is -1.21. The van der Waals surface area contributed by atoms with Crippen LogP contribution in [-0.4, -0.2) is 37.1 Å². The molecule has 2 rings (SSSR count). The number of hydrogen-bond acceptors (Lipinski definition) is 4. The van der Waals surface area contributed by atoms with Gasteiger partial charge in [-0.25, -0.2) is 8.42 Å². The summed E-state index contributed by atoms with van der Waals surface area (Å²) in [6.45, 7) is 5.12. The van der Waals surface area contributed by atoms with Gasteiger partial charge < -0.3 is 5.32 Å². The first-order valence-corrected chi connectivity index (χ1v) is 9.58. The monoisotopic (exact) mass is 386 g/mol. The fourth-order valence-electron chi connectivity index (χ4n) is 2.21. The predicted molar refractivity (Wildman–Crippen MR) is 92.3 cm³/mol. The Morgan fingerprint density at radius 3 is 2.68 bits per heavy atom. The maximum absolute atomic E-state index is 12.3. The molecule has 0 radical (unpaired) electrons. The Morgan fingerprint density at radius 1 is 1.36 bits per heavy atom. The molecule has 0 aliphatic carbocycles. The van der Waals surface area contributed by atoms with Gasteiger partial charge in [-0.3, -0.25) is 9.79 Å². The van der Waals surface area contributed by atoms with E-state index in [2.05, 4.69) is 26.2 Å². The van der Waals surface area contributed by atoms with Crippen LogP contribution in [0, 0.1) is 0 Å². The van der Waals surface area contributed by atoms with Gasteiger partial charge >= 0.3 is 0 Å². The Morgan fingerprint density at radius 2 is 2.05 bits per heavy atom. The highest BCUT2D eigenvalue weighted by Crippen LogP contribution is 2.25. The van der Waals surface area contributed by atoms with Gasteiger partial charge in [0.2, 0.25) is 5.91 Å². The van der Waals surface area contributed by atoms with Crippen LogP contribution in [0.4, 0.5) is 5.69 Å². The van der Waals surface area contributed by atoms with Crippen molar-refractivity contribution in [2.45, 2.75) is 38.5 Å². The van der Waals surface area contributed by atoms with Crippen molar-refractivity contribution in [3.05, 3.63) is 28.2 Å². The average molecular weight is 387 g/mol. The zero-order valence-electron chi connectivity index (χ0n) is 12.8. The molecule has 5 nitrogen and oxygen atoms in total. The lowest BCUT2D eigenvalue weighted by Gasteiger charge is -2.12. The largest absolute Gasteiger partial charge is 0.324 e. The van der Waals surface area contributed by atoms with E-state index in [4.69, 9.17) is 0 Å². The van der Waals surface area contributed by atoms with Gasteiger partial charge in [-0.2, -0.15) is 0 Å². The van der Waals surface area contributed by atoms with Crippen molar-refractivity contribution in [2.75, 3.05) is 11.1 Å². The summed E-state index contributed by atoms with van der Waals surface area (Å²) in [4.78, 5) is 16.7. The number of rotatable bonds is 4. The van der Waals surface area contributed by atoms with Gasteiger partial charge in [0.05, 0.1) is 11.0 Å². The third kappa shape index (κ3) is 3.76. The number of carbonyl (C=O) groups is 1. The first kappa shape index (κ1) is 17.1. The van der Waals surface area contributed by atoms with Gasteiger partial charge in [-0.05, 0) is 45.4 Å². The summed E-state index contributed by atoms with van der Waals surface area (Å²) >= 11 is 3.40. The van der Waals surface area contributed by atoms with E-state index in [1.807, 2.05) is 25.1 Å². The van der Waals surface area contributed by atoms with Gasteiger partial charge in [0.25, 0.3) is 0 Å². The molecule has 1 N–H and O–H groups in total. The molecule has 1 aliphatic rings. The van der Waals surface area contributed by atoms with E-state index in [0.29, 0.717) is 5.69 Å². The summed E-state index contributed by atoms with van der Waals surface area (Å²) in [5.74, 6) is -0.307. The molecule has 1 aliphatic heterocycles. The number of benzene rings is 1. The van der Waals surface area contributed by atoms with Crippen molar-refractivity contribution < 1.29 is 13.2 Å². The molecule has 1 aromatic rings. The number of fused-ring (bicyclic) bond motifs is 1. The predicted octanol–water partition coefficient (Wildman–Crippen LogP) is 2.79. The third-order valence-corrected chi connectivity index (χ3v) is 6.41. The molecule has 22 heavy (non-hydrogen) atoms. The third-order valence-electron chi connectivity index (χ3n) is 3.68. The lowest BCUT2D eigenvalue weighted by molar-refractivity contribution is -0.117. The number of carbonyl (C=O) groups excluding carboxylic acids is 1. The Bertz CT molecular complexity index is 726. The Kier molecular flexibility index (Phi) is 5.07. The minimum Gasteiger partial charge on any atom is -0.324 e. The molecular formula is C15H19BrN2O3S. The molecule has 0 saturated carbocycles. The first-order chi connectivity index (χ1) is 10.2. The number of halogens is 1. The summed E-state index contributed by atoms with van der Waals surface area (Å²) in [5, 5.41) is 2.38. The zero-order valence-corrected chi connectivity index (χ0v) is 15.2. The van der Waals surface area contributed by atoms with Crippen molar-refractivity contribution in [3.63, 3.8) is 0 Å². The Balaban J connectivity index is 2.24. The van der Waals surface area contributed by atoms with E-state index in [1.165, 1.54) is 0 Å². The minimum absolute atomic E-state index is 0.0421. The van der Waals surface area contributed by atoms with Crippen LogP contribution in [0.25, 0.3) is 0 Å². The van der Waals surface area contributed by atoms with Crippen molar-refractivity contribution in [1.29, 1.82) is 0 Å². The number of anilines is 1. The highest BCUT2D eigenvalue weighted by Gasteiger charge is 2.26. The van der Waals surface area contributed by atoms with Gasteiger partial charge in [0, 0.05) is 21.4 Å². The molecule has 0 bridgehead atoms. The van der Waals surface area contributed by atoms with E-state index in [-0.39, 0.29) is 18.1 Å². The highest BCUT2D eigenvalue weighted by atomic mass is 79.9. The second-order valence-corrected chi connectivity index (χ2v) is 9.21. The second kappa shape index (κ2) is 6.50. The topological polar surface area (TPSA) is 75.6 Å². The number of aliphatic imine (C=N–C) groups is 1. The quantitative estimate of drug-likeness (QED) is 0.863. The number of nitrogens with one attached hydrogen (secondary N) is 1. The lowest BCUT2D eigenvalue weighted by Crippen LogP contribution is -2.29. The van der Waals surface area contributed by atoms with Crippen molar-refractivity contribution >= 4 is 43.1 Å². The van der Waals surface area contributed by atoms with Crippen LogP contribution in [0.3, 0.4) is 0 Å². The summed E-state index contributed by atoms with van der Waals surface area (Å²) < 4.78 is 24.7. The van der Waals surface area contributed by atoms with Gasteiger partial charge in [-0.15, -0.1) is 0 Å². The van der Waals surface area contributed by atoms with E-state index >= 15 is 0 Å². The maximum atomic E-state index is 12.3. The molecule has 0 saturated heterocycles. The van der Waals surface area contributed by atoms with Crippen molar-refractivity contribution in [1.82, 2.24) is 0 Å². The lowest BCUT2D eigenvalue weighted by atomic mass is 10.1. The molecule has 1 atom stereocenters. The second-order valence-electron chi connectivity index (χ2n) is 5.61. The van der Waals surface area contributed by atoms with E-state index in [0.717, 1.165) is 15.7 Å². The van der Waals surface area contributed by atoms with Crippen LogP contribution in [-0.2, 0) is 14.6 Å². The van der Waals surface area contributed by atoms with Crippen LogP contribution in [0.5, 0.6) is 0 Å². The van der Waals surface area contributed by atoms with Crippen LogP contribution in [0.1, 0.15) is 32.8 Å². The molecule has 120 valence electrons. The molecule has 1 unspecified atom stereocenters. The summed E-state index contributed by atoms with van der Waals surface area (Å²) in [7, 11) is -3.18. The zero-order chi connectivity index (χ0) is 16.5. The maximum Gasteiger partial charge on any atom is 0.249 e. The normalized spacial score (nSPS) is 18.5. The van der Waals surface area contributed by atoms with Gasteiger partial charge in [0.1, 0.15) is 6.04 Å². The molecule has 0 aromatic heterocycles. The highest BCUT2D eigenvalue weighted by molar-refractivity contribution is 9.10. The van der Waals surface area contributed by atoms with Crippen molar-refractivity contribution in [3.8, 4) is 0 Å². The smallest absolute Gasteiger partial charge is 0.249 e. The molecule has 1 amide bonds. The van der Waals surface area contributed by atoms with Crippen LogP contribution >= 0.6 is 15.9 Å². The van der Waals surface area contributed by atoms with Crippen LogP contribution in [0.15, 0.2) is 27.7 Å². The Labute approximate surface area is 139 Å². The molecule has 1 heterocycles. The standard InChI is InChI=1S/C15H19BrN2O3S/c1-9(2)22(20,21)7-6-14-15(19)18-13-5-4-11(16)8-12(13)10(3)17-14/h4-5,8-9,14H,6-7H2,1-3H3,(H,18,19). The van der Waals surface area contributed by atoms with E-state index < -0.39 is 21.1 Å². The first-order valence-electron chi connectivity index (χ1n) is 7.07. The number of nitrogens with zero attached hydrogens (tertiary/aromatic N) is 1. The fraction of sp³-hybridized carbons (Fsp3) is 0.467. The SMILES string of the molecule is CC1=NC(CCS(=O)(=O)C(C)C)C(=O)Nc2ccc(Br)cc21. The summed E-state index contributed by atoms with van der Waals surface area (Å²) in [6, 6.07) is 4.86. The molecule has 1 aromatic carbocycles. The fourth-order valence-corrected chi connectivity index (χ4v) is 3.59. The van der Waals surface area contributed by atoms with Crippen LogP contribution < -0.4 is 5.32 Å². The minimum atomic E-state index is -3.18. The van der Waals surface area contributed by atoms with Gasteiger partial charge in [0.15, 0.2) is 9.84 Å². The number of hydrogen-bond donors (Lipinski definition) is 1. The average Bonchev–Trinajstić information content (AvgIpc) is 2.55. The molecule has 0 fully saturated rings. The number of sulfone groups is 1. The summed E-state index contributed by atoms with van der Waals surface area (Å²) in [5.41, 5.74) is 2.27. The molecule has 0 spiro atoms. The van der Waals surface area contributed by atoms with Crippen LogP contribution in [0.2, 0.25) is 0 Å². The van der Waals surface area contributed by atoms with Crippen molar-refractivity contribution in [2.24, 2.45) is 4.99 Å². The molecule has 7 heteroatoms. The number of benzodiazepines with no additional fused rings is 1. The van der Waals surface area contributed by atoms with E-state index in [1.54, 1.807) is 13.8 Å². The summed E-state index contributed by atoms with van der Waals surface area (Å²) in [6.07, 6.45) is 0.193. The van der Waals surface area contributed by atoms with Gasteiger partial charge in [-0.1, -0.05) is 15.9 Å². The van der Waals surface area contributed by atoms with E-state index in [9.17, 15) is 13.2 Å². The number of amides is 1.